The third kappa shape index (κ3) is 2.16. The summed E-state index contributed by atoms with van der Waals surface area (Å²) in [5.74, 6) is 0.560. The standard InChI is InChI=1S/C15H18O4/c1-17-15(6-8-18-9-7-15)14(16)13-10-11-4-2-3-5-12(11)19-13/h2-5,10,14,16H,6-9H2,1H3. The number of rotatable bonds is 3. The number of hydrogen-bond acceptors (Lipinski definition) is 4. The molecule has 0 radical (unpaired) electrons. The molecule has 0 amide bonds. The summed E-state index contributed by atoms with van der Waals surface area (Å²) < 4.78 is 16.7. The minimum Gasteiger partial charge on any atom is -0.458 e. The second-order valence-corrected chi connectivity index (χ2v) is 4.97. The predicted molar refractivity (Wildman–Crippen MR) is 71.0 cm³/mol. The number of aliphatic hydroxyl groups excluding tert-OH is 1. The van der Waals surface area contributed by atoms with Crippen molar-refractivity contribution in [2.75, 3.05) is 20.3 Å². The summed E-state index contributed by atoms with van der Waals surface area (Å²) in [6.45, 7) is 1.20. The van der Waals surface area contributed by atoms with Gasteiger partial charge in [0.15, 0.2) is 0 Å². The molecule has 4 heteroatoms. The number of fused-ring (bicyclic) bond motifs is 1. The number of methoxy groups -OCH3 is 1. The van der Waals surface area contributed by atoms with Crippen LogP contribution in [-0.4, -0.2) is 31.0 Å². The lowest BCUT2D eigenvalue weighted by Crippen LogP contribution is -2.43. The molecule has 4 nitrogen and oxygen atoms in total. The van der Waals surface area contributed by atoms with Gasteiger partial charge in [-0.2, -0.15) is 0 Å². The zero-order chi connectivity index (χ0) is 13.3. The van der Waals surface area contributed by atoms with E-state index >= 15 is 0 Å². The number of para-hydroxylation sites is 1. The van der Waals surface area contributed by atoms with Gasteiger partial charge in [-0.3, -0.25) is 0 Å². The van der Waals surface area contributed by atoms with Crippen molar-refractivity contribution >= 4 is 11.0 Å². The quantitative estimate of drug-likeness (QED) is 0.924. The van der Waals surface area contributed by atoms with E-state index in [9.17, 15) is 5.11 Å². The summed E-state index contributed by atoms with van der Waals surface area (Å²) in [4.78, 5) is 0. The Bertz CT molecular complexity index is 521. The van der Waals surface area contributed by atoms with Crippen molar-refractivity contribution in [1.29, 1.82) is 0 Å². The van der Waals surface area contributed by atoms with E-state index in [4.69, 9.17) is 13.9 Å². The van der Waals surface area contributed by atoms with Gasteiger partial charge >= 0.3 is 0 Å². The SMILES string of the molecule is COC1(C(O)c2cc3ccccc3o2)CCOCC1. The van der Waals surface area contributed by atoms with Crippen molar-refractivity contribution in [1.82, 2.24) is 0 Å². The molecule has 0 aliphatic carbocycles. The minimum atomic E-state index is -0.770. The number of aliphatic hydroxyl groups is 1. The lowest BCUT2D eigenvalue weighted by atomic mass is 9.86. The van der Waals surface area contributed by atoms with Crippen LogP contribution in [-0.2, 0) is 9.47 Å². The van der Waals surface area contributed by atoms with Gasteiger partial charge in [0.1, 0.15) is 23.0 Å². The summed E-state index contributed by atoms with van der Waals surface area (Å²) in [6.07, 6.45) is 0.567. The monoisotopic (exact) mass is 262 g/mol. The highest BCUT2D eigenvalue weighted by atomic mass is 16.5. The van der Waals surface area contributed by atoms with Crippen LogP contribution < -0.4 is 0 Å². The van der Waals surface area contributed by atoms with E-state index in [2.05, 4.69) is 0 Å². The van der Waals surface area contributed by atoms with Crippen LogP contribution in [0.4, 0.5) is 0 Å². The highest BCUT2D eigenvalue weighted by Gasteiger charge is 2.42. The Balaban J connectivity index is 1.95. The van der Waals surface area contributed by atoms with Crippen molar-refractivity contribution < 1.29 is 19.0 Å². The topological polar surface area (TPSA) is 51.8 Å². The molecule has 1 saturated heterocycles. The Hall–Kier alpha value is -1.36. The van der Waals surface area contributed by atoms with E-state index in [1.54, 1.807) is 7.11 Å². The second kappa shape index (κ2) is 4.96. The zero-order valence-corrected chi connectivity index (χ0v) is 11.0. The predicted octanol–water partition coefficient (Wildman–Crippen LogP) is 2.66. The van der Waals surface area contributed by atoms with Gasteiger partial charge in [-0.05, 0) is 12.1 Å². The lowest BCUT2D eigenvalue weighted by Gasteiger charge is -2.38. The number of benzene rings is 1. The van der Waals surface area contributed by atoms with Gasteiger partial charge in [0.05, 0.1) is 0 Å². The largest absolute Gasteiger partial charge is 0.458 e. The Morgan fingerprint density at radius 1 is 1.26 bits per heavy atom. The molecule has 1 aromatic heterocycles. The van der Waals surface area contributed by atoms with Crippen LogP contribution in [0.2, 0.25) is 0 Å². The Morgan fingerprint density at radius 3 is 2.68 bits per heavy atom. The van der Waals surface area contributed by atoms with Crippen LogP contribution in [0.15, 0.2) is 34.7 Å². The van der Waals surface area contributed by atoms with Crippen molar-refractivity contribution in [3.8, 4) is 0 Å². The molecular formula is C15H18O4. The van der Waals surface area contributed by atoms with Gasteiger partial charge in [0.25, 0.3) is 0 Å². The van der Waals surface area contributed by atoms with Crippen LogP contribution in [0.3, 0.4) is 0 Å². The highest BCUT2D eigenvalue weighted by molar-refractivity contribution is 5.77. The van der Waals surface area contributed by atoms with E-state index in [0.29, 0.717) is 31.8 Å². The molecule has 3 rings (SSSR count). The third-order valence-corrected chi connectivity index (χ3v) is 3.96. The molecule has 1 aliphatic rings. The summed E-state index contributed by atoms with van der Waals surface area (Å²) in [5, 5.41) is 11.6. The van der Waals surface area contributed by atoms with E-state index in [0.717, 1.165) is 11.0 Å². The van der Waals surface area contributed by atoms with Gasteiger partial charge in [0.2, 0.25) is 0 Å². The first kappa shape index (κ1) is 12.7. The first-order chi connectivity index (χ1) is 9.25. The molecule has 102 valence electrons. The van der Waals surface area contributed by atoms with Gasteiger partial charge in [-0.1, -0.05) is 18.2 Å². The molecule has 1 atom stereocenters. The van der Waals surface area contributed by atoms with Gasteiger partial charge in [0, 0.05) is 38.6 Å². The van der Waals surface area contributed by atoms with E-state index in [1.807, 2.05) is 30.3 Å². The second-order valence-electron chi connectivity index (χ2n) is 4.97. The lowest BCUT2D eigenvalue weighted by molar-refractivity contribution is -0.159. The Morgan fingerprint density at radius 2 is 2.00 bits per heavy atom. The molecule has 1 unspecified atom stereocenters. The van der Waals surface area contributed by atoms with Gasteiger partial charge in [-0.15, -0.1) is 0 Å². The average Bonchev–Trinajstić information content (AvgIpc) is 2.91. The molecule has 0 saturated carbocycles. The van der Waals surface area contributed by atoms with Crippen molar-refractivity contribution in [2.45, 2.75) is 24.5 Å². The summed E-state index contributed by atoms with van der Waals surface area (Å²) in [5.41, 5.74) is 0.182. The maximum absolute atomic E-state index is 10.6. The molecule has 0 spiro atoms. The fourth-order valence-corrected chi connectivity index (χ4v) is 2.70. The Labute approximate surface area is 111 Å². The maximum Gasteiger partial charge on any atom is 0.141 e. The van der Waals surface area contributed by atoms with Crippen LogP contribution in [0, 0.1) is 0 Å². The number of ether oxygens (including phenoxy) is 2. The normalized spacial score (nSPS) is 20.5. The molecule has 2 heterocycles. The Kier molecular flexibility index (Phi) is 3.31. The molecule has 0 bridgehead atoms. The van der Waals surface area contributed by atoms with Crippen LogP contribution >= 0.6 is 0 Å². The van der Waals surface area contributed by atoms with Crippen LogP contribution in [0.25, 0.3) is 11.0 Å². The van der Waals surface area contributed by atoms with E-state index in [1.165, 1.54) is 0 Å². The van der Waals surface area contributed by atoms with Crippen LogP contribution in [0.5, 0.6) is 0 Å². The van der Waals surface area contributed by atoms with E-state index in [-0.39, 0.29) is 0 Å². The van der Waals surface area contributed by atoms with E-state index < -0.39 is 11.7 Å². The average molecular weight is 262 g/mol. The molecule has 1 aliphatic heterocycles. The first-order valence-electron chi connectivity index (χ1n) is 6.55. The molecule has 2 aromatic rings. The van der Waals surface area contributed by atoms with Crippen molar-refractivity contribution in [3.63, 3.8) is 0 Å². The summed E-state index contributed by atoms with van der Waals surface area (Å²) in [7, 11) is 1.64. The van der Waals surface area contributed by atoms with Gasteiger partial charge < -0.3 is 19.0 Å². The fraction of sp³-hybridized carbons (Fsp3) is 0.467. The molecule has 1 N–H and O–H groups in total. The smallest absolute Gasteiger partial charge is 0.141 e. The summed E-state index contributed by atoms with van der Waals surface area (Å²) >= 11 is 0. The number of furan rings is 1. The third-order valence-electron chi connectivity index (χ3n) is 3.96. The fourth-order valence-electron chi connectivity index (χ4n) is 2.70. The minimum absolute atomic E-state index is 0.560. The van der Waals surface area contributed by atoms with Crippen molar-refractivity contribution in [2.24, 2.45) is 0 Å². The molecule has 1 aromatic carbocycles. The number of hydrogen-bond donors (Lipinski definition) is 1. The molecular weight excluding hydrogens is 244 g/mol. The highest BCUT2D eigenvalue weighted by Crippen LogP contribution is 2.38. The summed E-state index contributed by atoms with van der Waals surface area (Å²) in [6, 6.07) is 9.63. The maximum atomic E-state index is 10.6. The van der Waals surface area contributed by atoms with Crippen molar-refractivity contribution in [3.05, 3.63) is 36.1 Å². The zero-order valence-electron chi connectivity index (χ0n) is 11.0. The molecule has 19 heavy (non-hydrogen) atoms. The van der Waals surface area contributed by atoms with Gasteiger partial charge in [-0.25, -0.2) is 0 Å². The van der Waals surface area contributed by atoms with Crippen LogP contribution in [0.1, 0.15) is 24.7 Å². The first-order valence-corrected chi connectivity index (χ1v) is 6.55. The molecule has 1 fully saturated rings.